The first-order chi connectivity index (χ1) is 10.3. The first-order valence-electron chi connectivity index (χ1n) is 7.90. The van der Waals surface area contributed by atoms with Gasteiger partial charge in [0, 0.05) is 18.6 Å². The van der Waals surface area contributed by atoms with Crippen LogP contribution in [0.15, 0.2) is 24.3 Å². The summed E-state index contributed by atoms with van der Waals surface area (Å²) >= 11 is 0. The van der Waals surface area contributed by atoms with Gasteiger partial charge in [-0.3, -0.25) is 0 Å². The number of para-hydroxylation sites is 1. The molecular weight excluding hydrogens is 262 g/mol. The number of ether oxygens (including phenoxy) is 1. The summed E-state index contributed by atoms with van der Waals surface area (Å²) in [7, 11) is 0. The van der Waals surface area contributed by atoms with Gasteiger partial charge in [0.2, 0.25) is 5.95 Å². The molecular formula is C17H25N3O. The molecule has 0 saturated carbocycles. The van der Waals surface area contributed by atoms with E-state index < -0.39 is 0 Å². The van der Waals surface area contributed by atoms with Gasteiger partial charge in [-0.05, 0) is 31.7 Å². The van der Waals surface area contributed by atoms with E-state index in [1.54, 1.807) is 0 Å². The molecule has 21 heavy (non-hydrogen) atoms. The summed E-state index contributed by atoms with van der Waals surface area (Å²) in [6, 6.07) is 8.05. The van der Waals surface area contributed by atoms with Crippen molar-refractivity contribution in [2.45, 2.75) is 45.4 Å². The Kier molecular flexibility index (Phi) is 6.41. The van der Waals surface area contributed by atoms with Crippen molar-refractivity contribution in [1.82, 2.24) is 9.97 Å². The van der Waals surface area contributed by atoms with Crippen molar-refractivity contribution in [3.63, 3.8) is 0 Å². The number of nitrogens with zero attached hydrogens (tertiary/aromatic N) is 2. The Balaban J connectivity index is 1.78. The number of unbranched alkanes of at least 4 members (excludes halogenated alkanes) is 3. The largest absolute Gasteiger partial charge is 0.381 e. The van der Waals surface area contributed by atoms with E-state index in [0.717, 1.165) is 61.9 Å². The second-order valence-electron chi connectivity index (χ2n) is 5.32. The zero-order valence-corrected chi connectivity index (χ0v) is 12.8. The number of rotatable bonds is 9. The monoisotopic (exact) mass is 287 g/mol. The predicted octanol–water partition coefficient (Wildman–Crippen LogP) is 3.74. The smallest absolute Gasteiger partial charge is 0.220 e. The van der Waals surface area contributed by atoms with Crippen LogP contribution in [0.5, 0.6) is 0 Å². The van der Waals surface area contributed by atoms with Crippen LogP contribution < -0.4 is 5.73 Å². The zero-order chi connectivity index (χ0) is 14.9. The second-order valence-corrected chi connectivity index (χ2v) is 5.32. The fourth-order valence-corrected chi connectivity index (χ4v) is 2.37. The number of fused-ring (bicyclic) bond motifs is 1. The van der Waals surface area contributed by atoms with Crippen molar-refractivity contribution in [1.29, 1.82) is 0 Å². The fourth-order valence-electron chi connectivity index (χ4n) is 2.37. The Morgan fingerprint density at radius 2 is 1.81 bits per heavy atom. The van der Waals surface area contributed by atoms with Gasteiger partial charge in [0.15, 0.2) is 0 Å². The van der Waals surface area contributed by atoms with Crippen LogP contribution >= 0.6 is 0 Å². The van der Waals surface area contributed by atoms with Gasteiger partial charge in [0.1, 0.15) is 0 Å². The maximum atomic E-state index is 5.78. The molecule has 1 heterocycles. The quantitative estimate of drug-likeness (QED) is 0.714. The highest BCUT2D eigenvalue weighted by Crippen LogP contribution is 2.18. The molecule has 0 aliphatic rings. The number of hydrogen-bond donors (Lipinski definition) is 1. The number of aromatic nitrogens is 2. The van der Waals surface area contributed by atoms with Gasteiger partial charge in [0.05, 0.1) is 11.2 Å². The summed E-state index contributed by atoms with van der Waals surface area (Å²) in [6.07, 6.45) is 6.68. The molecule has 0 atom stereocenters. The predicted molar refractivity (Wildman–Crippen MR) is 87.2 cm³/mol. The van der Waals surface area contributed by atoms with Gasteiger partial charge in [-0.2, -0.15) is 0 Å². The molecule has 114 valence electrons. The van der Waals surface area contributed by atoms with E-state index in [9.17, 15) is 0 Å². The van der Waals surface area contributed by atoms with Crippen molar-refractivity contribution < 1.29 is 4.74 Å². The van der Waals surface area contributed by atoms with Crippen molar-refractivity contribution in [2.75, 3.05) is 18.9 Å². The lowest BCUT2D eigenvalue weighted by Crippen LogP contribution is -2.01. The third-order valence-electron chi connectivity index (χ3n) is 3.54. The minimum absolute atomic E-state index is 0.367. The average molecular weight is 287 g/mol. The summed E-state index contributed by atoms with van der Waals surface area (Å²) in [5, 5.41) is 1.12. The number of benzene rings is 1. The van der Waals surface area contributed by atoms with Crippen LogP contribution in [0.25, 0.3) is 10.9 Å². The molecule has 0 amide bonds. The minimum atomic E-state index is 0.367. The maximum Gasteiger partial charge on any atom is 0.220 e. The standard InChI is InChI=1S/C17H25N3O/c1-2-3-12-21-13-8-4-5-10-15-14-9-6-7-11-16(14)20-17(18)19-15/h6-7,9,11H,2-5,8,10,12-13H2,1H3,(H2,18,19,20). The highest BCUT2D eigenvalue weighted by molar-refractivity contribution is 5.81. The molecule has 2 aromatic rings. The van der Waals surface area contributed by atoms with E-state index in [-0.39, 0.29) is 0 Å². The molecule has 0 saturated heterocycles. The van der Waals surface area contributed by atoms with Gasteiger partial charge >= 0.3 is 0 Å². The third kappa shape index (κ3) is 4.97. The minimum Gasteiger partial charge on any atom is -0.381 e. The summed E-state index contributed by atoms with van der Waals surface area (Å²) in [5.74, 6) is 0.367. The van der Waals surface area contributed by atoms with E-state index in [1.165, 1.54) is 6.42 Å². The number of aryl methyl sites for hydroxylation is 1. The van der Waals surface area contributed by atoms with Crippen molar-refractivity contribution >= 4 is 16.9 Å². The Hall–Kier alpha value is -1.68. The van der Waals surface area contributed by atoms with E-state index in [1.807, 2.05) is 18.2 Å². The first kappa shape index (κ1) is 15.7. The molecule has 0 unspecified atom stereocenters. The molecule has 0 fully saturated rings. The van der Waals surface area contributed by atoms with E-state index in [0.29, 0.717) is 5.95 Å². The normalized spacial score (nSPS) is 11.1. The lowest BCUT2D eigenvalue weighted by Gasteiger charge is -2.07. The molecule has 2 N–H and O–H groups in total. The fraction of sp³-hybridized carbons (Fsp3) is 0.529. The zero-order valence-electron chi connectivity index (χ0n) is 12.8. The van der Waals surface area contributed by atoms with E-state index >= 15 is 0 Å². The molecule has 0 aliphatic carbocycles. The molecule has 1 aromatic heterocycles. The highest BCUT2D eigenvalue weighted by Gasteiger charge is 2.05. The Morgan fingerprint density at radius 1 is 1.00 bits per heavy atom. The molecule has 0 bridgehead atoms. The van der Waals surface area contributed by atoms with Gasteiger partial charge < -0.3 is 10.5 Å². The number of nitrogens with two attached hydrogens (primary N) is 1. The van der Waals surface area contributed by atoms with Crippen LogP contribution in [0.2, 0.25) is 0 Å². The summed E-state index contributed by atoms with van der Waals surface area (Å²) in [5.41, 5.74) is 7.77. The summed E-state index contributed by atoms with van der Waals surface area (Å²) < 4.78 is 5.57. The lowest BCUT2D eigenvalue weighted by molar-refractivity contribution is 0.127. The molecule has 2 rings (SSSR count). The maximum absolute atomic E-state index is 5.78. The van der Waals surface area contributed by atoms with Crippen molar-refractivity contribution in [3.05, 3.63) is 30.0 Å². The number of anilines is 1. The molecule has 4 nitrogen and oxygen atoms in total. The Morgan fingerprint density at radius 3 is 2.67 bits per heavy atom. The van der Waals surface area contributed by atoms with Crippen molar-refractivity contribution in [3.8, 4) is 0 Å². The van der Waals surface area contributed by atoms with Crippen LogP contribution in [0.4, 0.5) is 5.95 Å². The van der Waals surface area contributed by atoms with Gasteiger partial charge in [-0.15, -0.1) is 0 Å². The van der Waals surface area contributed by atoms with E-state index in [4.69, 9.17) is 10.5 Å². The van der Waals surface area contributed by atoms with Crippen LogP contribution in [-0.4, -0.2) is 23.2 Å². The molecule has 0 aliphatic heterocycles. The molecule has 0 radical (unpaired) electrons. The summed E-state index contributed by atoms with van der Waals surface area (Å²) in [4.78, 5) is 8.66. The van der Waals surface area contributed by atoms with Crippen LogP contribution in [0, 0.1) is 0 Å². The number of hydrogen-bond acceptors (Lipinski definition) is 4. The third-order valence-corrected chi connectivity index (χ3v) is 3.54. The summed E-state index contributed by atoms with van der Waals surface area (Å²) in [6.45, 7) is 3.94. The van der Waals surface area contributed by atoms with Gasteiger partial charge in [0.25, 0.3) is 0 Å². The SMILES string of the molecule is CCCCOCCCCCc1nc(N)nc2ccccc12. The lowest BCUT2D eigenvalue weighted by atomic mass is 10.1. The Labute approximate surface area is 126 Å². The van der Waals surface area contributed by atoms with Gasteiger partial charge in [-0.25, -0.2) is 9.97 Å². The first-order valence-corrected chi connectivity index (χ1v) is 7.90. The molecule has 4 heteroatoms. The van der Waals surface area contributed by atoms with E-state index in [2.05, 4.69) is 23.0 Å². The van der Waals surface area contributed by atoms with Crippen LogP contribution in [0.3, 0.4) is 0 Å². The van der Waals surface area contributed by atoms with Crippen LogP contribution in [-0.2, 0) is 11.2 Å². The van der Waals surface area contributed by atoms with Crippen molar-refractivity contribution in [2.24, 2.45) is 0 Å². The number of nitrogen functional groups attached to an aromatic ring is 1. The Bertz CT molecular complexity index is 557. The second kappa shape index (κ2) is 8.57. The topological polar surface area (TPSA) is 61.0 Å². The molecule has 1 aromatic carbocycles. The highest BCUT2D eigenvalue weighted by atomic mass is 16.5. The van der Waals surface area contributed by atoms with Gasteiger partial charge in [-0.1, -0.05) is 38.0 Å². The molecule has 0 spiro atoms. The average Bonchev–Trinajstić information content (AvgIpc) is 2.49. The van der Waals surface area contributed by atoms with Crippen LogP contribution in [0.1, 0.15) is 44.7 Å².